The molecule has 0 N–H and O–H groups in total. The summed E-state index contributed by atoms with van der Waals surface area (Å²) in [6, 6.07) is 54.7. The second kappa shape index (κ2) is 41.4. The van der Waals surface area contributed by atoms with Crippen LogP contribution >= 0.6 is 11.3 Å². The fraction of sp³-hybridized carbons (Fsp3) is 0.377. The molecule has 0 spiro atoms. The number of rotatable bonds is 1. The fourth-order valence-corrected chi connectivity index (χ4v) is 10.6. The summed E-state index contributed by atoms with van der Waals surface area (Å²) in [6.07, 6.45) is 12.9. The van der Waals surface area contributed by atoms with Gasteiger partial charge in [0.15, 0.2) is 0 Å². The third-order valence-corrected chi connectivity index (χ3v) is 15.8. The Hall–Kier alpha value is -5.64. The first-order chi connectivity index (χ1) is 34.7. The van der Waals surface area contributed by atoms with E-state index in [1.54, 1.807) is 0 Å². The minimum Gasteiger partial charge on any atom is -0.461 e. The van der Waals surface area contributed by atoms with Crippen molar-refractivity contribution in [1.29, 1.82) is 0 Å². The molecule has 0 atom stereocenters. The van der Waals surface area contributed by atoms with Crippen LogP contribution in [0.1, 0.15) is 176 Å². The Labute approximate surface area is 514 Å². The second-order valence-corrected chi connectivity index (χ2v) is 21.7. The molecule has 2 fully saturated rings. The molecule has 0 saturated heterocycles. The zero-order valence-corrected chi connectivity index (χ0v) is 50.0. The van der Waals surface area contributed by atoms with Gasteiger partial charge in [-0.15, -0.1) is 11.3 Å². The van der Waals surface area contributed by atoms with Gasteiger partial charge in [0.25, 0.3) is 0 Å². The Morgan fingerprint density at radius 3 is 1.11 bits per heavy atom. The first-order valence-electron chi connectivity index (χ1n) is 26.6. The average molecular weight is 1160 g/mol. The standard InChI is InChI=1S/C15H14O.C14H14.C10H10O.C10H10S.C8H10.2C6H12.6CH4.2CH3.Fe/c1-10-5-3-7-12-9-13-8-4-6-11(2)15(13)16-14(10)12;1-11-7-3-5-9-13(11)14-10-6-4-8-12(14)2;2*1-7-8(2)11-10-6-4-3-5-9(7)10;1-7-5-3-4-6-8(7)2;2*1-6-4-2-3-5-6;;;;;;;;;/h3-8H,9H2,1-2H3;3-10H,1-2H3;2*3-6H,1-2H3;3-6H,1-2H3;2*6H,2-5H2,1H3;6*1H4;2*1H3;/q;;;;;;;;;;;;;2*-1;+2. The Morgan fingerprint density at radius 2 is 0.741 bits per heavy atom. The maximum Gasteiger partial charge on any atom is 2.00 e. The minimum atomic E-state index is 0. The van der Waals surface area contributed by atoms with Gasteiger partial charge in [0.1, 0.15) is 22.8 Å². The van der Waals surface area contributed by atoms with Crippen LogP contribution < -0.4 is 4.74 Å². The van der Waals surface area contributed by atoms with E-state index in [2.05, 4.69) is 216 Å². The molecule has 1 aliphatic heterocycles. The molecule has 0 bridgehead atoms. The monoisotopic (exact) mass is 1160 g/mol. The normalized spacial score (nSPS) is 11.9. The molecular weight excluding hydrogens is 1040 g/mol. The van der Waals surface area contributed by atoms with Crippen molar-refractivity contribution in [2.24, 2.45) is 11.8 Å². The summed E-state index contributed by atoms with van der Waals surface area (Å²) in [4.78, 5) is 1.44. The van der Waals surface area contributed by atoms with Crippen molar-refractivity contribution in [3.05, 3.63) is 239 Å². The second-order valence-electron chi connectivity index (χ2n) is 20.5. The summed E-state index contributed by atoms with van der Waals surface area (Å²) >= 11 is 1.88. The third kappa shape index (κ3) is 24.0. The summed E-state index contributed by atoms with van der Waals surface area (Å²) in [6.45, 7) is 25.9. The molecule has 2 aliphatic carbocycles. The Balaban J connectivity index is -0.000000429. The van der Waals surface area contributed by atoms with Gasteiger partial charge in [0, 0.05) is 21.4 Å². The van der Waals surface area contributed by atoms with E-state index in [-0.39, 0.29) is 76.5 Å². The fourth-order valence-electron chi connectivity index (χ4n) is 9.57. The summed E-state index contributed by atoms with van der Waals surface area (Å²) in [7, 11) is 0. The number of fused-ring (bicyclic) bond motifs is 4. The van der Waals surface area contributed by atoms with Crippen LogP contribution in [0.15, 0.2) is 162 Å². The van der Waals surface area contributed by atoms with Gasteiger partial charge in [-0.25, -0.2) is 0 Å². The van der Waals surface area contributed by atoms with Gasteiger partial charge < -0.3 is 24.0 Å². The van der Waals surface area contributed by atoms with E-state index >= 15 is 0 Å². The Bertz CT molecular complexity index is 2880. The van der Waals surface area contributed by atoms with E-state index in [4.69, 9.17) is 9.15 Å². The molecule has 7 aromatic carbocycles. The molecule has 2 saturated carbocycles. The largest absolute Gasteiger partial charge is 2.00 e. The molecule has 3 aliphatic rings. The number of aryl methyl sites for hydroxylation is 10. The van der Waals surface area contributed by atoms with E-state index in [0.717, 1.165) is 41.1 Å². The summed E-state index contributed by atoms with van der Waals surface area (Å²) in [5.74, 6) is 5.20. The van der Waals surface area contributed by atoms with Crippen LogP contribution in [0, 0.1) is 95.9 Å². The van der Waals surface area contributed by atoms with Gasteiger partial charge in [-0.1, -0.05) is 255 Å². The van der Waals surface area contributed by atoms with E-state index in [0.29, 0.717) is 0 Å². The molecule has 446 valence electrons. The molecule has 9 aromatic rings. The average Bonchev–Trinajstić information content (AvgIpc) is 4.20. The summed E-state index contributed by atoms with van der Waals surface area (Å²) in [5, 5.41) is 2.64. The molecule has 81 heavy (non-hydrogen) atoms. The van der Waals surface area contributed by atoms with Crippen molar-refractivity contribution in [1.82, 2.24) is 0 Å². The topological polar surface area (TPSA) is 22.4 Å². The first-order valence-corrected chi connectivity index (χ1v) is 27.4. The quantitative estimate of drug-likeness (QED) is 0.121. The smallest absolute Gasteiger partial charge is 0.461 e. The molecule has 3 heterocycles. The van der Waals surface area contributed by atoms with E-state index in [1.165, 1.54) is 138 Å². The van der Waals surface area contributed by atoms with Crippen LogP contribution in [0.4, 0.5) is 0 Å². The van der Waals surface area contributed by atoms with Crippen molar-refractivity contribution < 1.29 is 26.2 Å². The number of hydrogen-bond donors (Lipinski definition) is 0. The van der Waals surface area contributed by atoms with E-state index in [1.807, 2.05) is 36.5 Å². The van der Waals surface area contributed by atoms with Crippen LogP contribution in [0.25, 0.3) is 32.2 Å². The predicted molar refractivity (Wildman–Crippen MR) is 368 cm³/mol. The Morgan fingerprint density at radius 1 is 0.383 bits per heavy atom. The van der Waals surface area contributed by atoms with Crippen LogP contribution in [-0.4, -0.2) is 0 Å². The van der Waals surface area contributed by atoms with E-state index < -0.39 is 0 Å². The van der Waals surface area contributed by atoms with E-state index in [9.17, 15) is 0 Å². The van der Waals surface area contributed by atoms with Gasteiger partial charge in [0.2, 0.25) is 0 Å². The van der Waals surface area contributed by atoms with Crippen molar-refractivity contribution in [2.45, 2.75) is 185 Å². The number of furan rings is 1. The van der Waals surface area contributed by atoms with Gasteiger partial charge >= 0.3 is 17.1 Å². The molecule has 0 amide bonds. The number of ether oxygens (including phenoxy) is 1. The molecule has 0 radical (unpaired) electrons. The maximum absolute atomic E-state index is 6.04. The number of benzene rings is 7. The SMILES string of the molecule is C.C.C.C.C.C.CC1CCCC1.CC1CCCC1.Cc1cccc2c1Oc1c(C)cccc1C2.Cc1ccccc1-c1ccccc1C.Cc1ccccc1C.Cc1oc2ccccc2c1C.Cc1sc2ccccc2c1C.[CH3-].[CH3-].[Fe+2]. The van der Waals surface area contributed by atoms with Gasteiger partial charge in [-0.3, -0.25) is 0 Å². The van der Waals surface area contributed by atoms with Gasteiger partial charge in [-0.2, -0.15) is 0 Å². The van der Waals surface area contributed by atoms with Crippen LogP contribution in [-0.2, 0) is 23.5 Å². The number of para-hydroxylation sites is 3. The molecule has 4 heteroatoms. The first kappa shape index (κ1) is 81.8. The zero-order chi connectivity index (χ0) is 51.6. The zero-order valence-electron chi connectivity index (χ0n) is 48.1. The number of thiophene rings is 1. The molecule has 0 unspecified atom stereocenters. The maximum atomic E-state index is 6.04. The summed E-state index contributed by atoms with van der Waals surface area (Å²) < 4.78 is 12.9. The molecular formula is C77H112FeO2S. The number of hydrogen-bond acceptors (Lipinski definition) is 3. The minimum absolute atomic E-state index is 0. The van der Waals surface area contributed by atoms with Crippen molar-refractivity contribution >= 4 is 32.4 Å². The molecule has 12 rings (SSSR count). The van der Waals surface area contributed by atoms with Crippen molar-refractivity contribution in [2.75, 3.05) is 0 Å². The van der Waals surface area contributed by atoms with Crippen LogP contribution in [0.2, 0.25) is 0 Å². The van der Waals surface area contributed by atoms with Gasteiger partial charge in [0.05, 0.1) is 0 Å². The molecule has 2 nitrogen and oxygen atoms in total. The van der Waals surface area contributed by atoms with Gasteiger partial charge in [-0.05, 0) is 165 Å². The predicted octanol–water partition coefficient (Wildman–Crippen LogP) is 25.9. The van der Waals surface area contributed by atoms with Crippen molar-refractivity contribution in [3.63, 3.8) is 0 Å². The summed E-state index contributed by atoms with van der Waals surface area (Å²) in [5.41, 5.74) is 16.8. The van der Waals surface area contributed by atoms with Crippen LogP contribution in [0.3, 0.4) is 0 Å². The Kier molecular flexibility index (Phi) is 41.8. The molecule has 2 aromatic heterocycles. The van der Waals surface area contributed by atoms with Crippen molar-refractivity contribution in [3.8, 4) is 22.6 Å². The third-order valence-electron chi connectivity index (χ3n) is 14.6. The van der Waals surface area contributed by atoms with Crippen LogP contribution in [0.5, 0.6) is 11.5 Å².